The number of nitriles is 1. The number of aromatic hydroxyl groups is 1. The Kier molecular flexibility index (Phi) is 2.14. The summed E-state index contributed by atoms with van der Waals surface area (Å²) in [5.74, 6) is 0.151. The van der Waals surface area contributed by atoms with Crippen LogP contribution in [0.4, 0.5) is 0 Å². The molecule has 15 heavy (non-hydrogen) atoms. The third-order valence-electron chi connectivity index (χ3n) is 2.22. The van der Waals surface area contributed by atoms with E-state index in [4.69, 9.17) is 5.26 Å². The van der Waals surface area contributed by atoms with Crippen LogP contribution in [0.5, 0.6) is 5.75 Å². The first-order valence-electron chi connectivity index (χ1n) is 4.44. The molecule has 1 heterocycles. The van der Waals surface area contributed by atoms with E-state index in [0.717, 1.165) is 0 Å². The highest BCUT2D eigenvalue weighted by atomic mass is 16.3. The molecule has 0 atom stereocenters. The van der Waals surface area contributed by atoms with E-state index >= 15 is 0 Å². The Balaban J connectivity index is 2.70. The molecule has 74 valence electrons. The quantitative estimate of drug-likeness (QED) is 0.759. The fraction of sp³-hybridized carbons (Fsp3) is 0.0909. The minimum absolute atomic E-state index is 0.151. The predicted octanol–water partition coefficient (Wildman–Crippen LogP) is 1.66. The number of benzene rings is 1. The first kappa shape index (κ1) is 9.28. The van der Waals surface area contributed by atoms with Gasteiger partial charge in [-0.1, -0.05) is 12.1 Å². The molecule has 0 saturated heterocycles. The maximum Gasteiger partial charge on any atom is 0.125 e. The average molecular weight is 199 g/mol. The SMILES string of the molecule is Cn1ncc(C#N)c1-c1ccccc1O. The van der Waals surface area contributed by atoms with Gasteiger partial charge >= 0.3 is 0 Å². The van der Waals surface area contributed by atoms with Crippen LogP contribution in [-0.4, -0.2) is 14.9 Å². The van der Waals surface area contributed by atoms with E-state index in [0.29, 0.717) is 16.8 Å². The molecule has 4 nitrogen and oxygen atoms in total. The van der Waals surface area contributed by atoms with Crippen LogP contribution >= 0.6 is 0 Å². The minimum atomic E-state index is 0.151. The zero-order valence-corrected chi connectivity index (χ0v) is 8.18. The lowest BCUT2D eigenvalue weighted by Crippen LogP contribution is -1.94. The van der Waals surface area contributed by atoms with Crippen LogP contribution in [0, 0.1) is 11.3 Å². The van der Waals surface area contributed by atoms with E-state index in [-0.39, 0.29) is 5.75 Å². The second-order valence-corrected chi connectivity index (χ2v) is 3.16. The Morgan fingerprint density at radius 2 is 2.13 bits per heavy atom. The topological polar surface area (TPSA) is 61.8 Å². The first-order chi connectivity index (χ1) is 7.24. The highest BCUT2D eigenvalue weighted by Crippen LogP contribution is 2.30. The summed E-state index contributed by atoms with van der Waals surface area (Å²) in [6, 6.07) is 8.94. The van der Waals surface area contributed by atoms with Crippen molar-refractivity contribution in [2.75, 3.05) is 0 Å². The highest BCUT2D eigenvalue weighted by Gasteiger charge is 2.13. The molecule has 0 amide bonds. The Labute approximate surface area is 87.0 Å². The Hall–Kier alpha value is -2.28. The van der Waals surface area contributed by atoms with Gasteiger partial charge in [-0.25, -0.2) is 0 Å². The van der Waals surface area contributed by atoms with Gasteiger partial charge in [-0.3, -0.25) is 4.68 Å². The van der Waals surface area contributed by atoms with Crippen molar-refractivity contribution in [3.63, 3.8) is 0 Å². The summed E-state index contributed by atoms with van der Waals surface area (Å²) in [6.45, 7) is 0. The number of rotatable bonds is 1. The summed E-state index contributed by atoms with van der Waals surface area (Å²) < 4.78 is 1.58. The second-order valence-electron chi connectivity index (χ2n) is 3.16. The molecule has 0 radical (unpaired) electrons. The van der Waals surface area contributed by atoms with Crippen LogP contribution in [0.3, 0.4) is 0 Å². The molecule has 0 saturated carbocycles. The largest absolute Gasteiger partial charge is 0.507 e. The fourth-order valence-electron chi connectivity index (χ4n) is 1.51. The second kappa shape index (κ2) is 3.46. The number of hydrogen-bond acceptors (Lipinski definition) is 3. The predicted molar refractivity (Wildman–Crippen MR) is 55.0 cm³/mol. The molecule has 0 aliphatic rings. The molecule has 4 heteroatoms. The highest BCUT2D eigenvalue weighted by molar-refractivity contribution is 5.72. The van der Waals surface area contributed by atoms with Gasteiger partial charge in [0.1, 0.15) is 11.8 Å². The summed E-state index contributed by atoms with van der Waals surface area (Å²) in [5.41, 5.74) is 1.71. The number of phenols is 1. The number of aromatic nitrogens is 2. The van der Waals surface area contributed by atoms with Crippen LogP contribution in [0.25, 0.3) is 11.3 Å². The van der Waals surface area contributed by atoms with Crippen LogP contribution in [0.15, 0.2) is 30.5 Å². The van der Waals surface area contributed by atoms with E-state index in [9.17, 15) is 5.11 Å². The molecule has 0 aliphatic carbocycles. The van der Waals surface area contributed by atoms with Gasteiger partial charge in [-0.2, -0.15) is 10.4 Å². The van der Waals surface area contributed by atoms with Crippen molar-refractivity contribution in [3.05, 3.63) is 36.0 Å². The van der Waals surface area contributed by atoms with Crippen LogP contribution in [0.1, 0.15) is 5.56 Å². The van der Waals surface area contributed by atoms with Gasteiger partial charge in [-0.05, 0) is 12.1 Å². The number of hydrogen-bond donors (Lipinski definition) is 1. The van der Waals surface area contributed by atoms with Crippen LogP contribution in [0.2, 0.25) is 0 Å². The molecule has 0 fully saturated rings. The van der Waals surface area contributed by atoms with Gasteiger partial charge in [0.25, 0.3) is 0 Å². The molecule has 2 aromatic rings. The lowest BCUT2D eigenvalue weighted by atomic mass is 10.1. The van der Waals surface area contributed by atoms with Crippen molar-refractivity contribution in [1.29, 1.82) is 5.26 Å². The molecule has 0 unspecified atom stereocenters. The van der Waals surface area contributed by atoms with E-state index < -0.39 is 0 Å². The molecule has 0 spiro atoms. The monoisotopic (exact) mass is 199 g/mol. The van der Waals surface area contributed by atoms with Gasteiger partial charge in [0.2, 0.25) is 0 Å². The summed E-state index contributed by atoms with van der Waals surface area (Å²) in [5, 5.41) is 22.6. The van der Waals surface area contributed by atoms with Crippen LogP contribution in [-0.2, 0) is 7.05 Å². The third kappa shape index (κ3) is 1.44. The number of aryl methyl sites for hydroxylation is 1. The standard InChI is InChI=1S/C11H9N3O/c1-14-11(8(6-12)7-13-14)9-4-2-3-5-10(9)15/h2-5,7,15H,1H3. The molecule has 1 aromatic heterocycles. The van der Waals surface area contributed by atoms with Crippen molar-refractivity contribution in [2.45, 2.75) is 0 Å². The maximum atomic E-state index is 9.68. The number of para-hydroxylation sites is 1. The van der Waals surface area contributed by atoms with Crippen molar-refractivity contribution in [3.8, 4) is 23.1 Å². The van der Waals surface area contributed by atoms with E-state index in [1.54, 1.807) is 29.9 Å². The third-order valence-corrected chi connectivity index (χ3v) is 2.22. The van der Waals surface area contributed by atoms with Crippen LogP contribution < -0.4 is 0 Å². The molecule has 0 bridgehead atoms. The van der Waals surface area contributed by atoms with E-state index in [1.165, 1.54) is 6.20 Å². The van der Waals surface area contributed by atoms with Gasteiger partial charge in [0.05, 0.1) is 17.5 Å². The van der Waals surface area contributed by atoms with Gasteiger partial charge < -0.3 is 5.11 Å². The zero-order chi connectivity index (χ0) is 10.8. The Bertz CT molecular complexity index is 537. The molecule has 1 aromatic carbocycles. The molecule has 1 N–H and O–H groups in total. The molecule has 2 rings (SSSR count). The number of phenolic OH excluding ortho intramolecular Hbond substituents is 1. The van der Waals surface area contributed by atoms with E-state index in [2.05, 4.69) is 5.10 Å². The number of nitrogens with zero attached hydrogens (tertiary/aromatic N) is 3. The van der Waals surface area contributed by atoms with Crippen molar-refractivity contribution < 1.29 is 5.11 Å². The summed E-state index contributed by atoms with van der Waals surface area (Å²) in [4.78, 5) is 0. The molecular formula is C11H9N3O. The van der Waals surface area contributed by atoms with Gasteiger partial charge in [0.15, 0.2) is 0 Å². The fourth-order valence-corrected chi connectivity index (χ4v) is 1.51. The summed E-state index contributed by atoms with van der Waals surface area (Å²) >= 11 is 0. The van der Waals surface area contributed by atoms with Gasteiger partial charge in [0, 0.05) is 12.6 Å². The lowest BCUT2D eigenvalue weighted by molar-refractivity contribution is 0.476. The zero-order valence-electron chi connectivity index (χ0n) is 8.18. The van der Waals surface area contributed by atoms with Crippen molar-refractivity contribution in [2.24, 2.45) is 7.05 Å². The summed E-state index contributed by atoms with van der Waals surface area (Å²) in [6.07, 6.45) is 1.49. The first-order valence-corrected chi connectivity index (χ1v) is 4.44. The van der Waals surface area contributed by atoms with Gasteiger partial charge in [-0.15, -0.1) is 0 Å². The van der Waals surface area contributed by atoms with Crippen molar-refractivity contribution in [1.82, 2.24) is 9.78 Å². The minimum Gasteiger partial charge on any atom is -0.507 e. The van der Waals surface area contributed by atoms with E-state index in [1.807, 2.05) is 12.1 Å². The molecule has 0 aliphatic heterocycles. The smallest absolute Gasteiger partial charge is 0.125 e. The Morgan fingerprint density at radius 3 is 2.80 bits per heavy atom. The Morgan fingerprint density at radius 1 is 1.40 bits per heavy atom. The average Bonchev–Trinajstić information content (AvgIpc) is 2.60. The maximum absolute atomic E-state index is 9.68. The molecular weight excluding hydrogens is 190 g/mol. The normalized spacial score (nSPS) is 9.87. The summed E-state index contributed by atoms with van der Waals surface area (Å²) in [7, 11) is 1.74. The lowest BCUT2D eigenvalue weighted by Gasteiger charge is -2.04. The van der Waals surface area contributed by atoms with Crippen molar-refractivity contribution >= 4 is 0 Å².